The van der Waals surface area contributed by atoms with Gasteiger partial charge in [-0.05, 0) is 26.4 Å². The predicted octanol–water partition coefficient (Wildman–Crippen LogP) is 1.31. The molecule has 0 amide bonds. The Labute approximate surface area is 78.1 Å². The molecule has 0 radical (unpaired) electrons. The Kier molecular flexibility index (Phi) is 3.24. The maximum absolute atomic E-state index is 13.0. The summed E-state index contributed by atoms with van der Waals surface area (Å²) in [6.07, 6.45) is 0.357. The van der Waals surface area contributed by atoms with Crippen molar-refractivity contribution in [2.45, 2.75) is 31.2 Å². The van der Waals surface area contributed by atoms with Gasteiger partial charge in [0.2, 0.25) is 5.92 Å². The summed E-state index contributed by atoms with van der Waals surface area (Å²) >= 11 is 0. The molecule has 4 heteroatoms. The van der Waals surface area contributed by atoms with Crippen molar-refractivity contribution in [2.75, 3.05) is 20.6 Å². The van der Waals surface area contributed by atoms with E-state index in [9.17, 15) is 8.78 Å². The molecule has 1 aliphatic rings. The van der Waals surface area contributed by atoms with Gasteiger partial charge in [-0.1, -0.05) is 0 Å². The van der Waals surface area contributed by atoms with Gasteiger partial charge in [-0.15, -0.1) is 0 Å². The number of alkyl halides is 2. The summed E-state index contributed by atoms with van der Waals surface area (Å²) in [7, 11) is 3.78. The van der Waals surface area contributed by atoms with Crippen molar-refractivity contribution in [2.24, 2.45) is 11.7 Å². The number of hydrogen-bond acceptors (Lipinski definition) is 2. The highest BCUT2D eigenvalue weighted by Gasteiger charge is 2.39. The molecular formula is C9H18F2N2. The van der Waals surface area contributed by atoms with Crippen LogP contribution in [0.5, 0.6) is 0 Å². The Morgan fingerprint density at radius 2 is 2.08 bits per heavy atom. The lowest BCUT2D eigenvalue weighted by atomic mass is 9.82. The summed E-state index contributed by atoms with van der Waals surface area (Å²) in [6, 6.07) is -0.0537. The highest BCUT2D eigenvalue weighted by molar-refractivity contribution is 4.87. The Bertz CT molecular complexity index is 171. The second kappa shape index (κ2) is 3.88. The number of halogens is 2. The van der Waals surface area contributed by atoms with Crippen LogP contribution in [0, 0.1) is 5.92 Å². The fourth-order valence-corrected chi connectivity index (χ4v) is 1.92. The van der Waals surface area contributed by atoms with Crippen molar-refractivity contribution in [3.63, 3.8) is 0 Å². The van der Waals surface area contributed by atoms with Crippen LogP contribution < -0.4 is 5.73 Å². The van der Waals surface area contributed by atoms with Crippen LogP contribution in [-0.2, 0) is 0 Å². The first-order valence-electron chi connectivity index (χ1n) is 4.69. The molecule has 2 atom stereocenters. The van der Waals surface area contributed by atoms with Crippen molar-refractivity contribution < 1.29 is 8.78 Å². The van der Waals surface area contributed by atoms with Crippen LogP contribution in [0.4, 0.5) is 8.78 Å². The van der Waals surface area contributed by atoms with Crippen molar-refractivity contribution >= 4 is 0 Å². The lowest BCUT2D eigenvalue weighted by Gasteiger charge is -2.35. The van der Waals surface area contributed by atoms with E-state index in [1.165, 1.54) is 0 Å². The smallest absolute Gasteiger partial charge is 0.248 e. The molecule has 13 heavy (non-hydrogen) atoms. The standard InChI is InChI=1S/C9H18F2N2/c1-13(2)6-7-5-9(10,11)4-3-8(7)12/h7-8H,3-6,12H2,1-2H3. The molecule has 1 rings (SSSR count). The van der Waals surface area contributed by atoms with E-state index in [0.29, 0.717) is 13.0 Å². The summed E-state index contributed by atoms with van der Waals surface area (Å²) in [6.45, 7) is 0.663. The highest BCUT2D eigenvalue weighted by atomic mass is 19.3. The average molecular weight is 192 g/mol. The second-order valence-corrected chi connectivity index (χ2v) is 4.28. The molecule has 2 N–H and O–H groups in total. The van der Waals surface area contributed by atoms with E-state index in [2.05, 4.69) is 0 Å². The molecule has 2 unspecified atom stereocenters. The van der Waals surface area contributed by atoms with Crippen LogP contribution in [0.15, 0.2) is 0 Å². The molecule has 1 aliphatic carbocycles. The minimum absolute atomic E-state index is 0.0436. The summed E-state index contributed by atoms with van der Waals surface area (Å²) in [5.74, 6) is -2.55. The topological polar surface area (TPSA) is 29.3 Å². The third-order valence-corrected chi connectivity index (χ3v) is 2.61. The number of rotatable bonds is 2. The van der Waals surface area contributed by atoms with Gasteiger partial charge in [0, 0.05) is 25.4 Å². The zero-order valence-corrected chi connectivity index (χ0v) is 8.26. The van der Waals surface area contributed by atoms with Crippen LogP contribution in [0.1, 0.15) is 19.3 Å². The van der Waals surface area contributed by atoms with Gasteiger partial charge in [-0.3, -0.25) is 0 Å². The molecule has 0 aliphatic heterocycles. The summed E-state index contributed by atoms with van der Waals surface area (Å²) in [4.78, 5) is 1.92. The minimum Gasteiger partial charge on any atom is -0.327 e. The number of hydrogen-bond donors (Lipinski definition) is 1. The van der Waals surface area contributed by atoms with Gasteiger partial charge in [0.05, 0.1) is 0 Å². The Balaban J connectivity index is 2.50. The molecule has 0 heterocycles. The van der Waals surface area contributed by atoms with E-state index in [-0.39, 0.29) is 24.8 Å². The predicted molar refractivity (Wildman–Crippen MR) is 48.8 cm³/mol. The third kappa shape index (κ3) is 3.19. The lowest BCUT2D eigenvalue weighted by Crippen LogP contribution is -2.45. The largest absolute Gasteiger partial charge is 0.327 e. The van der Waals surface area contributed by atoms with Crippen LogP contribution in [0.25, 0.3) is 0 Å². The minimum atomic E-state index is -2.49. The number of nitrogens with two attached hydrogens (primary N) is 1. The van der Waals surface area contributed by atoms with E-state index in [0.717, 1.165) is 0 Å². The van der Waals surface area contributed by atoms with E-state index >= 15 is 0 Å². The van der Waals surface area contributed by atoms with Crippen molar-refractivity contribution in [1.82, 2.24) is 4.90 Å². The quantitative estimate of drug-likeness (QED) is 0.714. The Morgan fingerprint density at radius 1 is 1.46 bits per heavy atom. The zero-order chi connectivity index (χ0) is 10.1. The zero-order valence-electron chi connectivity index (χ0n) is 8.26. The maximum atomic E-state index is 13.0. The van der Waals surface area contributed by atoms with Gasteiger partial charge in [-0.2, -0.15) is 0 Å². The highest BCUT2D eigenvalue weighted by Crippen LogP contribution is 2.36. The lowest BCUT2D eigenvalue weighted by molar-refractivity contribution is -0.0607. The molecule has 0 bridgehead atoms. The fraction of sp³-hybridized carbons (Fsp3) is 1.00. The van der Waals surface area contributed by atoms with Gasteiger partial charge in [0.15, 0.2) is 0 Å². The van der Waals surface area contributed by atoms with Crippen LogP contribution in [0.2, 0.25) is 0 Å². The SMILES string of the molecule is CN(C)CC1CC(F)(F)CCC1N. The van der Waals surface area contributed by atoms with Gasteiger partial charge < -0.3 is 10.6 Å². The monoisotopic (exact) mass is 192 g/mol. The van der Waals surface area contributed by atoms with Gasteiger partial charge in [0.25, 0.3) is 0 Å². The van der Waals surface area contributed by atoms with Gasteiger partial charge in [0.1, 0.15) is 0 Å². The number of nitrogens with zero attached hydrogens (tertiary/aromatic N) is 1. The van der Waals surface area contributed by atoms with Crippen LogP contribution >= 0.6 is 0 Å². The van der Waals surface area contributed by atoms with E-state index in [1.807, 2.05) is 19.0 Å². The first-order valence-corrected chi connectivity index (χ1v) is 4.69. The van der Waals surface area contributed by atoms with Gasteiger partial charge in [-0.25, -0.2) is 8.78 Å². The molecule has 0 spiro atoms. The van der Waals surface area contributed by atoms with Gasteiger partial charge >= 0.3 is 0 Å². The first-order chi connectivity index (χ1) is 5.91. The Morgan fingerprint density at radius 3 is 2.62 bits per heavy atom. The first kappa shape index (κ1) is 10.9. The molecule has 0 aromatic heterocycles. The van der Waals surface area contributed by atoms with E-state index in [1.54, 1.807) is 0 Å². The summed E-state index contributed by atoms with van der Waals surface area (Å²) in [5, 5.41) is 0. The Hall–Kier alpha value is -0.220. The normalized spacial score (nSPS) is 33.7. The molecule has 0 aromatic carbocycles. The molecule has 78 valence electrons. The summed E-state index contributed by atoms with van der Waals surface area (Å²) in [5.41, 5.74) is 5.79. The molecule has 0 saturated heterocycles. The van der Waals surface area contributed by atoms with E-state index in [4.69, 9.17) is 5.73 Å². The van der Waals surface area contributed by atoms with Crippen molar-refractivity contribution in [1.29, 1.82) is 0 Å². The van der Waals surface area contributed by atoms with Crippen LogP contribution in [0.3, 0.4) is 0 Å². The molecule has 2 nitrogen and oxygen atoms in total. The van der Waals surface area contributed by atoms with Crippen molar-refractivity contribution in [3.8, 4) is 0 Å². The molecular weight excluding hydrogens is 174 g/mol. The summed E-state index contributed by atoms with van der Waals surface area (Å²) < 4.78 is 26.0. The van der Waals surface area contributed by atoms with E-state index < -0.39 is 5.92 Å². The maximum Gasteiger partial charge on any atom is 0.248 e. The van der Waals surface area contributed by atoms with Crippen molar-refractivity contribution in [3.05, 3.63) is 0 Å². The van der Waals surface area contributed by atoms with Crippen LogP contribution in [-0.4, -0.2) is 37.5 Å². The molecule has 1 fully saturated rings. The average Bonchev–Trinajstić information content (AvgIpc) is 1.95. The third-order valence-electron chi connectivity index (χ3n) is 2.61. The molecule has 1 saturated carbocycles. The second-order valence-electron chi connectivity index (χ2n) is 4.28. The molecule has 0 aromatic rings. The fourth-order valence-electron chi connectivity index (χ4n) is 1.92.